The fraction of sp³-hybridized carbons (Fsp3) is 0.951. The molecule has 446 valence electrons. The summed E-state index contributed by atoms with van der Waals surface area (Å²) in [5.41, 5.74) is 0. The average molecular weight is 1090 g/mol. The summed E-state index contributed by atoms with van der Waals surface area (Å²) in [7, 11) is -4.50. The number of carbonyl (C=O) groups excluding carboxylic acids is 3. The Balaban J connectivity index is 4.49. The molecule has 1 N–H and O–H groups in total. The summed E-state index contributed by atoms with van der Waals surface area (Å²) in [6.45, 7) is 8.09. The second-order valence-corrected chi connectivity index (χ2v) is 22.6. The first-order chi connectivity index (χ1) is 36.6. The maximum atomic E-state index is 12.9. The van der Waals surface area contributed by atoms with E-state index in [0.29, 0.717) is 32.5 Å². The summed E-state index contributed by atoms with van der Waals surface area (Å²) in [6.07, 6.45) is 53.3. The molecular formula is C61H119NO12S. The third-order valence-electron chi connectivity index (χ3n) is 14.2. The lowest BCUT2D eigenvalue weighted by atomic mass is 10.0. The van der Waals surface area contributed by atoms with Crippen LogP contribution in [0.25, 0.3) is 0 Å². The molecular weight excluding hydrogens is 971 g/mol. The number of hydrogen-bond donors (Lipinski definition) is 1. The average Bonchev–Trinajstić information content (AvgIpc) is 3.39. The number of nitrogens with zero attached hydrogens (tertiary/aromatic N) is 1. The van der Waals surface area contributed by atoms with Gasteiger partial charge in [-0.3, -0.25) is 19.0 Å². The van der Waals surface area contributed by atoms with Crippen molar-refractivity contribution in [1.29, 1.82) is 0 Å². The first-order valence-electron chi connectivity index (χ1n) is 31.6. The van der Waals surface area contributed by atoms with Crippen LogP contribution in [0.3, 0.4) is 0 Å². The van der Waals surface area contributed by atoms with Crippen LogP contribution in [0.4, 0.5) is 0 Å². The highest BCUT2D eigenvalue weighted by molar-refractivity contribution is 7.80. The smallest absolute Gasteiger partial charge is 0.397 e. The van der Waals surface area contributed by atoms with E-state index in [4.69, 9.17) is 28.2 Å². The van der Waals surface area contributed by atoms with Crippen LogP contribution in [0.15, 0.2) is 0 Å². The molecule has 0 spiro atoms. The molecule has 0 bridgehead atoms. The van der Waals surface area contributed by atoms with Gasteiger partial charge in [-0.1, -0.05) is 271 Å². The van der Waals surface area contributed by atoms with Crippen molar-refractivity contribution in [3.05, 3.63) is 0 Å². The zero-order valence-corrected chi connectivity index (χ0v) is 49.9. The molecule has 0 heterocycles. The highest BCUT2D eigenvalue weighted by Gasteiger charge is 2.20. The van der Waals surface area contributed by atoms with Crippen molar-refractivity contribution in [2.75, 3.05) is 65.9 Å². The predicted molar refractivity (Wildman–Crippen MR) is 308 cm³/mol. The molecule has 13 nitrogen and oxygen atoms in total. The van der Waals surface area contributed by atoms with Gasteiger partial charge < -0.3 is 23.7 Å². The summed E-state index contributed by atoms with van der Waals surface area (Å²) in [6, 6.07) is 0. The Morgan fingerprint density at radius 2 is 0.680 bits per heavy atom. The standard InChI is InChI=1S/C61H119NO12S/c1-4-7-10-12-14-16-18-20-22-24-26-28-30-32-34-36-38-40-42-44-46-59(63)71-55-58(74-61(65)57-70-52-50-62(48-9-6-3)49-51-69-53-54-73-75(66,67)68)56-72-60(64)47-45-43-41-39-37-35-33-31-29-27-25-23-21-19-17-15-13-11-8-5-2/h58H,4-57H2,1-3H3,(H,66,67,68). The second kappa shape index (κ2) is 58.3. The van der Waals surface area contributed by atoms with Crippen LogP contribution in [0.1, 0.15) is 303 Å². The van der Waals surface area contributed by atoms with Gasteiger partial charge in [-0.25, -0.2) is 8.98 Å². The molecule has 0 radical (unpaired) electrons. The van der Waals surface area contributed by atoms with Crippen LogP contribution < -0.4 is 0 Å². The van der Waals surface area contributed by atoms with Crippen molar-refractivity contribution >= 4 is 28.3 Å². The topological polar surface area (TPSA) is 164 Å². The number of esters is 3. The van der Waals surface area contributed by atoms with Crippen LogP contribution >= 0.6 is 0 Å². The fourth-order valence-electron chi connectivity index (χ4n) is 9.46. The molecule has 0 aromatic carbocycles. The molecule has 0 aliphatic heterocycles. The van der Waals surface area contributed by atoms with Gasteiger partial charge in [0.05, 0.1) is 26.4 Å². The van der Waals surface area contributed by atoms with Crippen molar-refractivity contribution in [3.63, 3.8) is 0 Å². The van der Waals surface area contributed by atoms with E-state index in [1.807, 2.05) is 0 Å². The third-order valence-corrected chi connectivity index (χ3v) is 14.7. The SMILES string of the molecule is CCCCCCCCCCCCCCCCCCCCCCC(=O)OCC(COC(=O)CCCCCCCCCCCCCCCCCCCCCC)OC(=O)COCCN(CCCC)CCOCCOS(=O)(=O)O. The van der Waals surface area contributed by atoms with E-state index in [0.717, 1.165) is 57.9 Å². The maximum Gasteiger partial charge on any atom is 0.397 e. The summed E-state index contributed by atoms with van der Waals surface area (Å²) >= 11 is 0. The van der Waals surface area contributed by atoms with Gasteiger partial charge in [0.2, 0.25) is 0 Å². The third kappa shape index (κ3) is 59.7. The minimum Gasteiger partial charge on any atom is -0.462 e. The van der Waals surface area contributed by atoms with Gasteiger partial charge in [-0.2, -0.15) is 8.42 Å². The van der Waals surface area contributed by atoms with E-state index < -0.39 is 22.5 Å². The minimum absolute atomic E-state index is 0.00873. The zero-order valence-electron chi connectivity index (χ0n) is 49.1. The van der Waals surface area contributed by atoms with E-state index in [2.05, 4.69) is 29.9 Å². The van der Waals surface area contributed by atoms with Crippen LogP contribution in [-0.2, 0) is 52.7 Å². The van der Waals surface area contributed by atoms with Crippen molar-refractivity contribution in [2.45, 2.75) is 309 Å². The largest absolute Gasteiger partial charge is 0.462 e. The van der Waals surface area contributed by atoms with Crippen molar-refractivity contribution in [3.8, 4) is 0 Å². The number of carbonyl (C=O) groups is 3. The molecule has 0 fully saturated rings. The quantitative estimate of drug-likeness (QED) is 0.0265. The maximum absolute atomic E-state index is 12.9. The van der Waals surface area contributed by atoms with Gasteiger partial charge in [-0.15, -0.1) is 0 Å². The molecule has 0 unspecified atom stereocenters. The van der Waals surface area contributed by atoms with Crippen LogP contribution in [0.5, 0.6) is 0 Å². The molecule has 0 aromatic heterocycles. The molecule has 0 atom stereocenters. The van der Waals surface area contributed by atoms with Gasteiger partial charge in [0.25, 0.3) is 0 Å². The molecule has 0 amide bonds. The molecule has 0 rings (SSSR count). The van der Waals surface area contributed by atoms with Crippen molar-refractivity contribution in [1.82, 2.24) is 4.90 Å². The molecule has 14 heteroatoms. The van der Waals surface area contributed by atoms with E-state index in [1.165, 1.54) is 218 Å². The Kier molecular flexibility index (Phi) is 56.9. The summed E-state index contributed by atoms with van der Waals surface area (Å²) in [5.74, 6) is -1.35. The second-order valence-electron chi connectivity index (χ2n) is 21.5. The lowest BCUT2D eigenvalue weighted by Crippen LogP contribution is -2.34. The first-order valence-corrected chi connectivity index (χ1v) is 33.0. The predicted octanol–water partition coefficient (Wildman–Crippen LogP) is 16.4. The van der Waals surface area contributed by atoms with Crippen LogP contribution in [-0.4, -0.2) is 108 Å². The van der Waals surface area contributed by atoms with Gasteiger partial charge in [0.1, 0.15) is 19.8 Å². The normalized spacial score (nSPS) is 11.8. The van der Waals surface area contributed by atoms with E-state index in [-0.39, 0.29) is 51.6 Å². The monoisotopic (exact) mass is 1090 g/mol. The van der Waals surface area contributed by atoms with Gasteiger partial charge >= 0.3 is 28.3 Å². The molecule has 0 aromatic rings. The number of rotatable bonds is 62. The molecule has 0 saturated heterocycles. The zero-order chi connectivity index (χ0) is 54.8. The number of hydrogen-bond acceptors (Lipinski definition) is 12. The lowest BCUT2D eigenvalue weighted by Gasteiger charge is -2.22. The summed E-state index contributed by atoms with van der Waals surface area (Å²) < 4.78 is 62.2. The fourth-order valence-corrected chi connectivity index (χ4v) is 9.74. The van der Waals surface area contributed by atoms with E-state index in [1.54, 1.807) is 0 Å². The minimum atomic E-state index is -4.50. The van der Waals surface area contributed by atoms with Crippen molar-refractivity contribution in [2.24, 2.45) is 0 Å². The Labute approximate surface area is 461 Å². The van der Waals surface area contributed by atoms with Gasteiger partial charge in [-0.05, 0) is 25.8 Å². The summed E-state index contributed by atoms with van der Waals surface area (Å²) in [5, 5.41) is 0. The van der Waals surface area contributed by atoms with E-state index >= 15 is 0 Å². The Morgan fingerprint density at radius 1 is 0.373 bits per heavy atom. The van der Waals surface area contributed by atoms with E-state index in [9.17, 15) is 22.8 Å². The Bertz CT molecular complexity index is 1280. The lowest BCUT2D eigenvalue weighted by molar-refractivity contribution is -0.169. The van der Waals surface area contributed by atoms with Crippen molar-refractivity contribution < 1.29 is 55.2 Å². The molecule has 0 saturated carbocycles. The first kappa shape index (κ1) is 73.2. The Hall–Kier alpha value is -1.84. The highest BCUT2D eigenvalue weighted by Crippen LogP contribution is 2.18. The summed E-state index contributed by atoms with van der Waals surface area (Å²) in [4.78, 5) is 40.5. The number of ether oxygens (including phenoxy) is 5. The highest BCUT2D eigenvalue weighted by atomic mass is 32.3. The molecule has 0 aliphatic carbocycles. The molecule has 75 heavy (non-hydrogen) atoms. The van der Waals surface area contributed by atoms with Gasteiger partial charge in [0, 0.05) is 25.9 Å². The van der Waals surface area contributed by atoms with Crippen LogP contribution in [0.2, 0.25) is 0 Å². The molecule has 0 aliphatic rings. The van der Waals surface area contributed by atoms with Crippen LogP contribution in [0, 0.1) is 0 Å². The number of unbranched alkanes of at least 4 members (excludes halogenated alkanes) is 39. The van der Waals surface area contributed by atoms with Gasteiger partial charge in [0.15, 0.2) is 6.10 Å². The Morgan fingerprint density at radius 3 is 1.00 bits per heavy atom.